The number of aliphatic hydroxyl groups excluding tert-OH is 1. The van der Waals surface area contributed by atoms with E-state index < -0.39 is 12.0 Å². The molecule has 0 aromatic rings. The lowest BCUT2D eigenvalue weighted by molar-refractivity contribution is -0.123. The third-order valence-electron chi connectivity index (χ3n) is 5.43. The highest BCUT2D eigenvalue weighted by molar-refractivity contribution is 5.95. The second-order valence-corrected chi connectivity index (χ2v) is 7.31. The fraction of sp³-hybridized carbons (Fsp3) is 0.600. The summed E-state index contributed by atoms with van der Waals surface area (Å²) in [5.74, 6) is -0.383. The van der Waals surface area contributed by atoms with Crippen LogP contribution in [0.25, 0.3) is 0 Å². The summed E-state index contributed by atoms with van der Waals surface area (Å²) in [5.41, 5.74) is 2.45. The fourth-order valence-electron chi connectivity index (χ4n) is 4.17. The maximum Gasteiger partial charge on any atom is 0.159 e. The highest BCUT2D eigenvalue weighted by Gasteiger charge is 2.50. The van der Waals surface area contributed by atoms with Gasteiger partial charge in [0, 0.05) is 11.8 Å². The second kappa shape index (κ2) is 7.39. The van der Waals surface area contributed by atoms with Gasteiger partial charge in [-0.25, -0.2) is 0 Å². The maximum atomic E-state index is 12.3. The van der Waals surface area contributed by atoms with Crippen LogP contribution in [0.4, 0.5) is 0 Å². The average Bonchev–Trinajstić information content (AvgIpc) is 2.97. The van der Waals surface area contributed by atoms with Crippen LogP contribution in [0.5, 0.6) is 0 Å². The largest absolute Gasteiger partial charge is 0.392 e. The number of aldehydes is 1. The molecule has 0 saturated heterocycles. The quantitative estimate of drug-likeness (QED) is 0.624. The molecular weight excluding hydrogens is 288 g/mol. The molecule has 2 aliphatic carbocycles. The van der Waals surface area contributed by atoms with Crippen molar-refractivity contribution in [1.29, 1.82) is 0 Å². The van der Waals surface area contributed by atoms with E-state index in [4.69, 9.17) is 0 Å². The zero-order valence-electron chi connectivity index (χ0n) is 14.5. The van der Waals surface area contributed by atoms with Gasteiger partial charge >= 0.3 is 0 Å². The van der Waals surface area contributed by atoms with Gasteiger partial charge in [0.1, 0.15) is 6.29 Å². The lowest BCUT2D eigenvalue weighted by Gasteiger charge is -2.30. The van der Waals surface area contributed by atoms with Crippen LogP contribution in [0, 0.1) is 29.6 Å². The summed E-state index contributed by atoms with van der Waals surface area (Å²) in [7, 11) is 0. The van der Waals surface area contributed by atoms with E-state index in [9.17, 15) is 14.7 Å². The van der Waals surface area contributed by atoms with Gasteiger partial charge in [-0.15, -0.1) is 0 Å². The van der Waals surface area contributed by atoms with Crippen molar-refractivity contribution in [1.82, 2.24) is 0 Å². The summed E-state index contributed by atoms with van der Waals surface area (Å²) in [4.78, 5) is 23.8. The second-order valence-electron chi connectivity index (χ2n) is 7.31. The van der Waals surface area contributed by atoms with Gasteiger partial charge in [0.25, 0.3) is 0 Å². The van der Waals surface area contributed by atoms with Crippen molar-refractivity contribution in [3.8, 4) is 0 Å². The summed E-state index contributed by atoms with van der Waals surface area (Å²) in [6, 6.07) is 0. The highest BCUT2D eigenvalue weighted by Crippen LogP contribution is 2.48. The van der Waals surface area contributed by atoms with E-state index in [1.54, 1.807) is 6.08 Å². The Hall–Kier alpha value is -1.48. The minimum atomic E-state index is -0.644. The standard InChI is InChI=1S/C20H28O3/c1-12(2)6-5-7-13(3)15-10-18(23)16(11-21)20(15)19-14(4)8-9-17(19)22/h6-9,11,14-16,18-20,23H,5,10H2,1-4H3. The molecule has 6 atom stereocenters. The molecule has 3 nitrogen and oxygen atoms in total. The Morgan fingerprint density at radius 1 is 1.30 bits per heavy atom. The highest BCUT2D eigenvalue weighted by atomic mass is 16.3. The minimum Gasteiger partial charge on any atom is -0.392 e. The van der Waals surface area contributed by atoms with Crippen molar-refractivity contribution in [2.45, 2.75) is 46.6 Å². The third-order valence-corrected chi connectivity index (χ3v) is 5.43. The van der Waals surface area contributed by atoms with Gasteiger partial charge in [0.05, 0.1) is 6.10 Å². The molecule has 0 aliphatic heterocycles. The van der Waals surface area contributed by atoms with E-state index in [-0.39, 0.29) is 29.5 Å². The lowest BCUT2D eigenvalue weighted by Crippen LogP contribution is -2.34. The summed E-state index contributed by atoms with van der Waals surface area (Å²) in [6.45, 7) is 8.22. The summed E-state index contributed by atoms with van der Waals surface area (Å²) in [5, 5.41) is 10.3. The molecule has 1 saturated carbocycles. The third kappa shape index (κ3) is 3.72. The van der Waals surface area contributed by atoms with Crippen molar-refractivity contribution in [3.63, 3.8) is 0 Å². The van der Waals surface area contributed by atoms with Gasteiger partial charge in [-0.1, -0.05) is 36.3 Å². The minimum absolute atomic E-state index is 0.0945. The molecule has 0 aromatic carbocycles. The monoisotopic (exact) mass is 316 g/mol. The van der Waals surface area contributed by atoms with Crippen LogP contribution in [0.1, 0.15) is 40.5 Å². The number of rotatable bonds is 5. The molecule has 0 radical (unpaired) electrons. The molecular formula is C20H28O3. The van der Waals surface area contributed by atoms with Crippen LogP contribution in [0.15, 0.2) is 35.5 Å². The smallest absolute Gasteiger partial charge is 0.159 e. The van der Waals surface area contributed by atoms with Crippen LogP contribution in [-0.4, -0.2) is 23.3 Å². The van der Waals surface area contributed by atoms with Crippen molar-refractivity contribution in [2.75, 3.05) is 0 Å². The Bertz CT molecular complexity index is 551. The Kier molecular flexibility index (Phi) is 5.74. The average molecular weight is 316 g/mol. The fourth-order valence-corrected chi connectivity index (χ4v) is 4.17. The van der Waals surface area contributed by atoms with Crippen molar-refractivity contribution < 1.29 is 14.7 Å². The number of hydrogen-bond acceptors (Lipinski definition) is 3. The van der Waals surface area contributed by atoms with Crippen LogP contribution in [0.3, 0.4) is 0 Å². The SMILES string of the molecule is CC(C)=CCC=C(C)C1CC(O)C(C=O)C1C1C(=O)C=CC1C. The number of hydrogen-bond donors (Lipinski definition) is 1. The molecule has 126 valence electrons. The summed E-state index contributed by atoms with van der Waals surface area (Å²) < 4.78 is 0. The molecule has 1 N–H and O–H groups in total. The van der Waals surface area contributed by atoms with Gasteiger partial charge in [-0.05, 0) is 57.4 Å². The molecule has 0 heterocycles. The molecule has 1 fully saturated rings. The van der Waals surface area contributed by atoms with Crippen LogP contribution in [0.2, 0.25) is 0 Å². The number of carbonyl (C=O) groups is 2. The molecule has 0 aromatic heterocycles. The molecule has 2 rings (SSSR count). The maximum absolute atomic E-state index is 12.3. The number of carbonyl (C=O) groups excluding carboxylic acids is 2. The van der Waals surface area contributed by atoms with E-state index in [0.717, 1.165) is 12.7 Å². The first-order chi connectivity index (χ1) is 10.9. The van der Waals surface area contributed by atoms with E-state index >= 15 is 0 Å². The van der Waals surface area contributed by atoms with E-state index in [2.05, 4.69) is 32.9 Å². The zero-order valence-corrected chi connectivity index (χ0v) is 14.5. The van der Waals surface area contributed by atoms with Crippen molar-refractivity contribution in [2.24, 2.45) is 29.6 Å². The Balaban J connectivity index is 2.28. The summed E-state index contributed by atoms with van der Waals surface area (Å²) >= 11 is 0. The first-order valence-electron chi connectivity index (χ1n) is 8.52. The van der Waals surface area contributed by atoms with Gasteiger partial charge in [-0.2, -0.15) is 0 Å². The topological polar surface area (TPSA) is 54.4 Å². The van der Waals surface area contributed by atoms with Crippen LogP contribution >= 0.6 is 0 Å². The van der Waals surface area contributed by atoms with Gasteiger partial charge < -0.3 is 9.90 Å². The first-order valence-corrected chi connectivity index (χ1v) is 8.52. The van der Waals surface area contributed by atoms with Gasteiger partial charge in [-0.3, -0.25) is 4.79 Å². The molecule has 0 spiro atoms. The number of ketones is 1. The molecule has 0 bridgehead atoms. The molecule has 6 unspecified atom stereocenters. The molecule has 3 heteroatoms. The van der Waals surface area contributed by atoms with E-state index in [0.29, 0.717) is 6.42 Å². The van der Waals surface area contributed by atoms with Gasteiger partial charge in [0.15, 0.2) is 5.78 Å². The lowest BCUT2D eigenvalue weighted by atomic mass is 9.72. The Labute approximate surface area is 139 Å². The normalized spacial score (nSPS) is 37.3. The molecule has 0 amide bonds. The molecule has 2 aliphatic rings. The van der Waals surface area contributed by atoms with Crippen LogP contribution in [-0.2, 0) is 9.59 Å². The Morgan fingerprint density at radius 2 is 2.00 bits per heavy atom. The van der Waals surface area contributed by atoms with E-state index in [1.807, 2.05) is 13.0 Å². The molecule has 23 heavy (non-hydrogen) atoms. The van der Waals surface area contributed by atoms with E-state index in [1.165, 1.54) is 11.1 Å². The Morgan fingerprint density at radius 3 is 2.52 bits per heavy atom. The first kappa shape index (κ1) is 17.9. The number of aliphatic hydroxyl groups is 1. The summed E-state index contributed by atoms with van der Waals surface area (Å²) in [6.07, 6.45) is 9.54. The van der Waals surface area contributed by atoms with Crippen molar-refractivity contribution >= 4 is 12.1 Å². The zero-order chi connectivity index (χ0) is 17.1. The van der Waals surface area contributed by atoms with Gasteiger partial charge in [0.2, 0.25) is 0 Å². The van der Waals surface area contributed by atoms with Crippen LogP contribution < -0.4 is 0 Å². The number of allylic oxidation sites excluding steroid dienone is 6. The van der Waals surface area contributed by atoms with Crippen molar-refractivity contribution in [3.05, 3.63) is 35.5 Å². The predicted octanol–water partition coefficient (Wildman–Crippen LogP) is 3.49. The predicted molar refractivity (Wildman–Crippen MR) is 91.8 cm³/mol.